The minimum Gasteiger partial charge on any atom is -0.506 e. The highest BCUT2D eigenvalue weighted by atomic mass is 16.5. The molecule has 2 rings (SSSR count). The minimum atomic E-state index is -1.13. The van der Waals surface area contributed by atoms with Crippen LogP contribution in [0.15, 0.2) is 18.2 Å². The van der Waals surface area contributed by atoms with Crippen LogP contribution in [0.4, 0.5) is 5.69 Å². The molecule has 1 heterocycles. The van der Waals surface area contributed by atoms with Gasteiger partial charge in [-0.25, -0.2) is 4.79 Å². The number of amides is 1. The van der Waals surface area contributed by atoms with Crippen molar-refractivity contribution >= 4 is 17.6 Å². The largest absolute Gasteiger partial charge is 0.506 e. The van der Waals surface area contributed by atoms with Gasteiger partial charge in [0, 0.05) is 6.54 Å². The number of nitrogens with one attached hydrogen (secondary N) is 2. The van der Waals surface area contributed by atoms with E-state index in [2.05, 4.69) is 10.6 Å². The van der Waals surface area contributed by atoms with Gasteiger partial charge in [0.25, 0.3) is 0 Å². The third-order valence-corrected chi connectivity index (χ3v) is 2.74. The van der Waals surface area contributed by atoms with Crippen molar-refractivity contribution in [2.24, 2.45) is 0 Å². The molecule has 19 heavy (non-hydrogen) atoms. The van der Waals surface area contributed by atoms with Gasteiger partial charge in [0.2, 0.25) is 5.91 Å². The number of carboxylic acids is 1. The van der Waals surface area contributed by atoms with Gasteiger partial charge in [-0.3, -0.25) is 4.79 Å². The molecule has 1 unspecified atom stereocenters. The fourth-order valence-corrected chi connectivity index (χ4v) is 1.72. The Morgan fingerprint density at radius 2 is 2.21 bits per heavy atom. The summed E-state index contributed by atoms with van der Waals surface area (Å²) in [6.45, 7) is 1.36. The summed E-state index contributed by atoms with van der Waals surface area (Å²) in [5.74, 6) is -1.69. The predicted molar refractivity (Wildman–Crippen MR) is 66.3 cm³/mol. The number of carbonyl (C=O) groups excluding carboxylic acids is 1. The fourth-order valence-electron chi connectivity index (χ4n) is 1.72. The molecule has 0 aromatic heterocycles. The van der Waals surface area contributed by atoms with Gasteiger partial charge in [-0.2, -0.15) is 0 Å². The van der Waals surface area contributed by atoms with Crippen LogP contribution in [0, 0.1) is 0 Å². The molecule has 1 atom stereocenters. The molecule has 7 nitrogen and oxygen atoms in total. The van der Waals surface area contributed by atoms with Crippen LogP contribution in [-0.4, -0.2) is 47.9 Å². The van der Waals surface area contributed by atoms with E-state index in [4.69, 9.17) is 9.84 Å². The predicted octanol–water partition coefficient (Wildman–Crippen LogP) is 0.0173. The average molecular weight is 266 g/mol. The Labute approximate surface area is 109 Å². The third-order valence-electron chi connectivity index (χ3n) is 2.74. The molecule has 7 heteroatoms. The van der Waals surface area contributed by atoms with Gasteiger partial charge in [0.15, 0.2) is 0 Å². The summed E-state index contributed by atoms with van der Waals surface area (Å²) in [4.78, 5) is 22.7. The molecular weight excluding hydrogens is 252 g/mol. The highest BCUT2D eigenvalue weighted by Crippen LogP contribution is 2.24. The highest BCUT2D eigenvalue weighted by Gasteiger charge is 2.22. The second kappa shape index (κ2) is 5.68. The molecule has 0 saturated carbocycles. The van der Waals surface area contributed by atoms with E-state index in [0.717, 1.165) is 0 Å². The van der Waals surface area contributed by atoms with Crippen molar-refractivity contribution in [1.29, 1.82) is 0 Å². The first kappa shape index (κ1) is 13.3. The number of hydrogen-bond donors (Lipinski definition) is 4. The second-order valence-electron chi connectivity index (χ2n) is 4.11. The second-order valence-corrected chi connectivity index (χ2v) is 4.11. The number of morpholine rings is 1. The number of carbonyl (C=O) groups is 2. The van der Waals surface area contributed by atoms with Gasteiger partial charge in [0.1, 0.15) is 11.8 Å². The zero-order valence-corrected chi connectivity index (χ0v) is 10.0. The van der Waals surface area contributed by atoms with Crippen LogP contribution in [0.1, 0.15) is 10.4 Å². The highest BCUT2D eigenvalue weighted by molar-refractivity contribution is 5.98. The summed E-state index contributed by atoms with van der Waals surface area (Å²) in [6, 6.07) is 3.18. The summed E-state index contributed by atoms with van der Waals surface area (Å²) in [5, 5.41) is 23.9. The van der Waals surface area contributed by atoms with Crippen molar-refractivity contribution < 1.29 is 24.5 Å². The Balaban J connectivity index is 2.11. The molecule has 1 fully saturated rings. The molecule has 4 N–H and O–H groups in total. The molecule has 1 aromatic rings. The Kier molecular flexibility index (Phi) is 3.98. The van der Waals surface area contributed by atoms with E-state index in [1.807, 2.05) is 0 Å². The average Bonchev–Trinajstić information content (AvgIpc) is 2.42. The van der Waals surface area contributed by atoms with Gasteiger partial charge in [-0.1, -0.05) is 0 Å². The number of rotatable bonds is 3. The SMILES string of the molecule is O=C(O)c1ccc(O)c(NC(=O)C2COCCN2)c1. The van der Waals surface area contributed by atoms with Crippen molar-refractivity contribution in [2.45, 2.75) is 6.04 Å². The molecule has 0 aliphatic carbocycles. The maximum Gasteiger partial charge on any atom is 0.335 e. The number of aromatic hydroxyl groups is 1. The fraction of sp³-hybridized carbons (Fsp3) is 0.333. The van der Waals surface area contributed by atoms with E-state index in [1.54, 1.807) is 0 Å². The molecule has 102 valence electrons. The maximum absolute atomic E-state index is 11.9. The van der Waals surface area contributed by atoms with Crippen molar-refractivity contribution in [3.8, 4) is 5.75 Å². The molecule has 1 saturated heterocycles. The number of aromatic carboxylic acids is 1. The monoisotopic (exact) mass is 266 g/mol. The van der Waals surface area contributed by atoms with Crippen LogP contribution in [0.25, 0.3) is 0 Å². The molecular formula is C12H14N2O5. The number of ether oxygens (including phenoxy) is 1. The van der Waals surface area contributed by atoms with Crippen molar-refractivity contribution in [1.82, 2.24) is 5.32 Å². The molecule has 1 amide bonds. The lowest BCUT2D eigenvalue weighted by molar-refractivity contribution is -0.120. The first-order valence-electron chi connectivity index (χ1n) is 5.76. The van der Waals surface area contributed by atoms with E-state index in [9.17, 15) is 14.7 Å². The quantitative estimate of drug-likeness (QED) is 0.574. The standard InChI is InChI=1S/C12H14N2O5/c15-10-2-1-7(12(17)18)5-8(10)14-11(16)9-6-19-4-3-13-9/h1-2,5,9,13,15H,3-4,6H2,(H,14,16)(H,17,18). The van der Waals surface area contributed by atoms with Gasteiger partial charge < -0.3 is 25.6 Å². The van der Waals surface area contributed by atoms with Crippen molar-refractivity contribution in [3.05, 3.63) is 23.8 Å². The Morgan fingerprint density at radius 1 is 1.42 bits per heavy atom. The Hall–Kier alpha value is -2.12. The van der Waals surface area contributed by atoms with Crippen LogP contribution in [0.5, 0.6) is 5.75 Å². The summed E-state index contributed by atoms with van der Waals surface area (Å²) >= 11 is 0. The maximum atomic E-state index is 11.9. The van der Waals surface area contributed by atoms with Crippen LogP contribution < -0.4 is 10.6 Å². The van der Waals surface area contributed by atoms with E-state index in [0.29, 0.717) is 13.2 Å². The number of carboxylic acid groups (broad SMARTS) is 1. The van der Waals surface area contributed by atoms with Gasteiger partial charge >= 0.3 is 5.97 Å². The number of phenols is 1. The molecule has 0 spiro atoms. The third kappa shape index (κ3) is 3.21. The number of hydrogen-bond acceptors (Lipinski definition) is 5. The molecule has 0 radical (unpaired) electrons. The van der Waals surface area contributed by atoms with E-state index < -0.39 is 12.0 Å². The first-order chi connectivity index (χ1) is 9.08. The Bertz CT molecular complexity index is 497. The van der Waals surface area contributed by atoms with Gasteiger partial charge in [-0.15, -0.1) is 0 Å². The zero-order chi connectivity index (χ0) is 13.8. The zero-order valence-electron chi connectivity index (χ0n) is 10.0. The lowest BCUT2D eigenvalue weighted by atomic mass is 10.1. The summed E-state index contributed by atoms with van der Waals surface area (Å²) in [6.07, 6.45) is 0. The number of benzene rings is 1. The summed E-state index contributed by atoms with van der Waals surface area (Å²) in [7, 11) is 0. The van der Waals surface area contributed by atoms with E-state index >= 15 is 0 Å². The topological polar surface area (TPSA) is 108 Å². The van der Waals surface area contributed by atoms with Crippen molar-refractivity contribution in [3.63, 3.8) is 0 Å². The van der Waals surface area contributed by atoms with Crippen LogP contribution in [0.3, 0.4) is 0 Å². The lowest BCUT2D eigenvalue weighted by Gasteiger charge is -2.23. The first-order valence-corrected chi connectivity index (χ1v) is 5.76. The van der Waals surface area contributed by atoms with Gasteiger partial charge in [-0.05, 0) is 18.2 Å². The number of anilines is 1. The minimum absolute atomic E-state index is 0.0130. The van der Waals surface area contributed by atoms with Crippen molar-refractivity contribution in [2.75, 3.05) is 25.1 Å². The molecule has 1 aromatic carbocycles. The van der Waals surface area contributed by atoms with Crippen LogP contribution in [-0.2, 0) is 9.53 Å². The van der Waals surface area contributed by atoms with Crippen LogP contribution in [0.2, 0.25) is 0 Å². The summed E-state index contributed by atoms with van der Waals surface area (Å²) < 4.78 is 5.15. The Morgan fingerprint density at radius 3 is 2.84 bits per heavy atom. The normalized spacial score (nSPS) is 18.8. The lowest BCUT2D eigenvalue weighted by Crippen LogP contribution is -2.48. The van der Waals surface area contributed by atoms with Gasteiger partial charge in [0.05, 0.1) is 24.5 Å². The van der Waals surface area contributed by atoms with E-state index in [1.165, 1.54) is 18.2 Å². The van der Waals surface area contributed by atoms with E-state index in [-0.39, 0.29) is 29.5 Å². The number of phenolic OH excluding ortho intramolecular Hbond substituents is 1. The van der Waals surface area contributed by atoms with Crippen LogP contribution >= 0.6 is 0 Å². The molecule has 0 bridgehead atoms. The smallest absolute Gasteiger partial charge is 0.335 e. The molecule has 1 aliphatic rings. The molecule has 1 aliphatic heterocycles. The summed E-state index contributed by atoms with van der Waals surface area (Å²) in [5.41, 5.74) is 0.0539.